The van der Waals surface area contributed by atoms with Gasteiger partial charge in [0.25, 0.3) is 5.91 Å². The number of methoxy groups -OCH3 is 2. The van der Waals surface area contributed by atoms with Gasteiger partial charge in [-0.25, -0.2) is 4.39 Å². The molecule has 0 bridgehead atoms. The fourth-order valence-corrected chi connectivity index (χ4v) is 3.56. The largest absolute Gasteiger partial charge is 0.497 e. The first-order chi connectivity index (χ1) is 17.5. The van der Waals surface area contributed by atoms with Crippen LogP contribution in [-0.2, 0) is 11.3 Å². The molecule has 0 radical (unpaired) electrons. The Balaban J connectivity index is 1.53. The smallest absolute Gasteiger partial charge is 0.274 e. The van der Waals surface area contributed by atoms with Gasteiger partial charge in [0.2, 0.25) is 5.91 Å². The fourth-order valence-electron chi connectivity index (χ4n) is 3.56. The molecule has 0 aliphatic rings. The molecule has 8 nitrogen and oxygen atoms in total. The van der Waals surface area contributed by atoms with Crippen molar-refractivity contribution in [3.63, 3.8) is 0 Å². The van der Waals surface area contributed by atoms with Crippen LogP contribution in [0.3, 0.4) is 0 Å². The van der Waals surface area contributed by atoms with Gasteiger partial charge < -0.3 is 24.6 Å². The lowest BCUT2D eigenvalue weighted by Gasteiger charge is -2.18. The van der Waals surface area contributed by atoms with Gasteiger partial charge in [-0.3, -0.25) is 9.59 Å². The number of rotatable bonds is 9. The molecule has 184 valence electrons. The van der Waals surface area contributed by atoms with Crippen LogP contribution in [0.1, 0.15) is 27.7 Å². The van der Waals surface area contributed by atoms with Crippen LogP contribution in [0.4, 0.5) is 4.39 Å². The molecule has 1 heterocycles. The van der Waals surface area contributed by atoms with E-state index in [0.29, 0.717) is 28.4 Å². The van der Waals surface area contributed by atoms with E-state index in [0.717, 1.165) is 5.56 Å². The third-order valence-electron chi connectivity index (χ3n) is 5.47. The average Bonchev–Trinajstić information content (AvgIpc) is 3.41. The number of carbonyl (C=O) groups is 2. The minimum atomic E-state index is -0.995. The van der Waals surface area contributed by atoms with Crippen molar-refractivity contribution in [2.45, 2.75) is 12.6 Å². The Bertz CT molecular complexity index is 1340. The van der Waals surface area contributed by atoms with Crippen molar-refractivity contribution in [2.24, 2.45) is 0 Å². The first kappa shape index (κ1) is 24.5. The van der Waals surface area contributed by atoms with Gasteiger partial charge in [0, 0.05) is 12.6 Å². The van der Waals surface area contributed by atoms with Gasteiger partial charge in [-0.1, -0.05) is 47.6 Å². The van der Waals surface area contributed by atoms with Crippen LogP contribution in [0, 0.1) is 5.82 Å². The van der Waals surface area contributed by atoms with E-state index in [1.54, 1.807) is 54.6 Å². The molecule has 0 fully saturated rings. The van der Waals surface area contributed by atoms with Crippen molar-refractivity contribution in [3.8, 4) is 22.8 Å². The summed E-state index contributed by atoms with van der Waals surface area (Å²) in [5, 5.41) is 9.38. The van der Waals surface area contributed by atoms with E-state index >= 15 is 0 Å². The Morgan fingerprint density at radius 3 is 2.42 bits per heavy atom. The lowest BCUT2D eigenvalue weighted by atomic mass is 10.1. The van der Waals surface area contributed by atoms with E-state index in [2.05, 4.69) is 15.8 Å². The third kappa shape index (κ3) is 5.69. The minimum Gasteiger partial charge on any atom is -0.497 e. The second-order valence-electron chi connectivity index (χ2n) is 7.80. The highest BCUT2D eigenvalue weighted by Gasteiger charge is 2.25. The summed E-state index contributed by atoms with van der Waals surface area (Å²) in [4.78, 5) is 26.1. The van der Waals surface area contributed by atoms with E-state index in [9.17, 15) is 14.0 Å². The third-order valence-corrected chi connectivity index (χ3v) is 5.47. The summed E-state index contributed by atoms with van der Waals surface area (Å²) in [7, 11) is 3.06. The summed E-state index contributed by atoms with van der Waals surface area (Å²) in [6, 6.07) is 20.2. The van der Waals surface area contributed by atoms with Crippen LogP contribution in [0.5, 0.6) is 11.5 Å². The van der Waals surface area contributed by atoms with Crippen molar-refractivity contribution in [1.82, 2.24) is 15.8 Å². The van der Waals surface area contributed by atoms with Gasteiger partial charge in [0.1, 0.15) is 23.4 Å². The maximum absolute atomic E-state index is 13.2. The number of halogens is 1. The summed E-state index contributed by atoms with van der Waals surface area (Å²) in [6.07, 6.45) is 0. The van der Waals surface area contributed by atoms with Gasteiger partial charge >= 0.3 is 0 Å². The molecule has 2 N–H and O–H groups in total. The molecule has 36 heavy (non-hydrogen) atoms. The van der Waals surface area contributed by atoms with E-state index < -0.39 is 17.9 Å². The molecule has 1 unspecified atom stereocenters. The highest BCUT2D eigenvalue weighted by molar-refractivity contribution is 5.97. The first-order valence-corrected chi connectivity index (χ1v) is 11.1. The summed E-state index contributed by atoms with van der Waals surface area (Å²) in [5.74, 6) is -0.00270. The number of hydrogen-bond acceptors (Lipinski definition) is 6. The highest BCUT2D eigenvalue weighted by Crippen LogP contribution is 2.33. The van der Waals surface area contributed by atoms with Crippen LogP contribution in [0.25, 0.3) is 11.3 Å². The van der Waals surface area contributed by atoms with Crippen LogP contribution >= 0.6 is 0 Å². The molecule has 2 amide bonds. The number of amides is 2. The number of hydrogen-bond donors (Lipinski definition) is 2. The van der Waals surface area contributed by atoms with E-state index in [1.807, 2.05) is 6.07 Å². The molecule has 0 spiro atoms. The zero-order chi connectivity index (χ0) is 25.5. The molecule has 0 saturated heterocycles. The van der Waals surface area contributed by atoms with Crippen molar-refractivity contribution in [3.05, 3.63) is 102 Å². The Morgan fingerprint density at radius 2 is 1.72 bits per heavy atom. The normalized spacial score (nSPS) is 11.4. The predicted octanol–water partition coefficient (Wildman–Crippen LogP) is 4.29. The molecular formula is C27H24FN3O5. The topological polar surface area (TPSA) is 103 Å². The maximum Gasteiger partial charge on any atom is 0.274 e. The Kier molecular flexibility index (Phi) is 7.60. The lowest BCUT2D eigenvalue weighted by Crippen LogP contribution is -2.40. The van der Waals surface area contributed by atoms with E-state index in [1.165, 1.54) is 32.4 Å². The van der Waals surface area contributed by atoms with Crippen LogP contribution in [0.2, 0.25) is 0 Å². The Hall–Kier alpha value is -4.66. The molecule has 0 saturated carbocycles. The minimum absolute atomic E-state index is 0.0119. The van der Waals surface area contributed by atoms with Gasteiger partial charge in [-0.15, -0.1) is 0 Å². The number of carbonyl (C=O) groups excluding carboxylic acids is 2. The number of nitrogens with one attached hydrogen (secondary N) is 2. The summed E-state index contributed by atoms with van der Waals surface area (Å²) >= 11 is 0. The molecule has 0 aliphatic carbocycles. The van der Waals surface area contributed by atoms with Gasteiger partial charge in [0.15, 0.2) is 11.5 Å². The lowest BCUT2D eigenvalue weighted by molar-refractivity contribution is -0.123. The van der Waals surface area contributed by atoms with Crippen LogP contribution in [0.15, 0.2) is 83.4 Å². The first-order valence-electron chi connectivity index (χ1n) is 11.1. The zero-order valence-corrected chi connectivity index (χ0v) is 19.7. The molecule has 1 aromatic heterocycles. The Labute approximate surface area is 207 Å². The molecule has 9 heteroatoms. The second-order valence-corrected chi connectivity index (χ2v) is 7.80. The quantitative estimate of drug-likeness (QED) is 0.364. The highest BCUT2D eigenvalue weighted by atomic mass is 19.1. The van der Waals surface area contributed by atoms with Crippen molar-refractivity contribution >= 4 is 11.8 Å². The SMILES string of the molecule is COc1ccc(OC)c(-c2cc(C(=O)NC(C(=O)NCc3ccc(F)cc3)c3ccccc3)no2)c1. The summed E-state index contributed by atoms with van der Waals surface area (Å²) in [6.45, 7) is 0.169. The molecule has 4 rings (SSSR count). The van der Waals surface area contributed by atoms with Gasteiger partial charge in [-0.05, 0) is 41.5 Å². The van der Waals surface area contributed by atoms with Crippen molar-refractivity contribution in [1.29, 1.82) is 0 Å². The number of nitrogens with zero attached hydrogens (tertiary/aromatic N) is 1. The number of ether oxygens (including phenoxy) is 2. The van der Waals surface area contributed by atoms with Crippen molar-refractivity contribution < 1.29 is 28.0 Å². The van der Waals surface area contributed by atoms with E-state index in [4.69, 9.17) is 14.0 Å². The second kappa shape index (κ2) is 11.2. The monoisotopic (exact) mass is 489 g/mol. The molecule has 1 atom stereocenters. The zero-order valence-electron chi connectivity index (χ0n) is 19.7. The summed E-state index contributed by atoms with van der Waals surface area (Å²) in [5.41, 5.74) is 1.85. The van der Waals surface area contributed by atoms with Gasteiger partial charge in [0.05, 0.1) is 19.8 Å². The number of aromatic nitrogens is 1. The van der Waals surface area contributed by atoms with Gasteiger partial charge in [-0.2, -0.15) is 0 Å². The standard InChI is InChI=1S/C27H24FN3O5/c1-34-20-12-13-23(35-2)21(14-20)24-15-22(31-36-24)26(32)30-25(18-6-4-3-5-7-18)27(33)29-16-17-8-10-19(28)11-9-17/h3-15,25H,16H2,1-2H3,(H,29,33)(H,30,32). The predicted molar refractivity (Wildman–Crippen MR) is 130 cm³/mol. The molecule has 4 aromatic rings. The Morgan fingerprint density at radius 1 is 0.972 bits per heavy atom. The van der Waals surface area contributed by atoms with Crippen LogP contribution in [-0.4, -0.2) is 31.2 Å². The molecule has 0 aliphatic heterocycles. The maximum atomic E-state index is 13.2. The van der Waals surface area contributed by atoms with Crippen molar-refractivity contribution in [2.75, 3.05) is 14.2 Å². The average molecular weight is 490 g/mol. The molecular weight excluding hydrogens is 465 g/mol. The fraction of sp³-hybridized carbons (Fsp3) is 0.148. The van der Waals surface area contributed by atoms with Crippen LogP contribution < -0.4 is 20.1 Å². The summed E-state index contributed by atoms with van der Waals surface area (Å²) < 4.78 is 29.2. The molecule has 3 aromatic carbocycles. The van der Waals surface area contributed by atoms with E-state index in [-0.39, 0.29) is 18.1 Å². The number of benzene rings is 3.